The summed E-state index contributed by atoms with van der Waals surface area (Å²) in [5, 5.41) is 5.93. The second-order valence-electron chi connectivity index (χ2n) is 5.37. The molecule has 7 nitrogen and oxygen atoms in total. The van der Waals surface area contributed by atoms with Crippen LogP contribution in [0.2, 0.25) is 0 Å². The van der Waals surface area contributed by atoms with Gasteiger partial charge in [0.1, 0.15) is 0 Å². The molecule has 2 N–H and O–H groups in total. The normalized spacial score (nSPS) is 16.3. The molecule has 0 unspecified atom stereocenters. The van der Waals surface area contributed by atoms with Gasteiger partial charge >= 0.3 is 5.97 Å². The molecule has 0 aromatic heterocycles. The molecule has 0 bridgehead atoms. The Labute approximate surface area is 132 Å². The molecule has 1 aliphatic heterocycles. The van der Waals surface area contributed by atoms with Gasteiger partial charge in [0.05, 0.1) is 20.1 Å². The summed E-state index contributed by atoms with van der Waals surface area (Å²) < 4.78 is 4.62. The topological polar surface area (TPSA) is 83.0 Å². The summed E-state index contributed by atoms with van der Waals surface area (Å²) in [5.74, 6) is 1.14. The molecule has 22 heavy (non-hydrogen) atoms. The summed E-state index contributed by atoms with van der Waals surface area (Å²) in [6, 6.07) is 0. The fourth-order valence-electron chi connectivity index (χ4n) is 2.49. The molecule has 1 aliphatic rings. The van der Waals surface area contributed by atoms with E-state index in [-0.39, 0.29) is 11.9 Å². The van der Waals surface area contributed by atoms with Gasteiger partial charge in [0, 0.05) is 33.1 Å². The number of hydrogen-bond donors (Lipinski definition) is 2. The first-order valence-corrected chi connectivity index (χ1v) is 7.91. The van der Waals surface area contributed by atoms with E-state index in [0.29, 0.717) is 25.3 Å². The van der Waals surface area contributed by atoms with Gasteiger partial charge in [-0.1, -0.05) is 0 Å². The van der Waals surface area contributed by atoms with E-state index < -0.39 is 0 Å². The van der Waals surface area contributed by atoms with E-state index in [0.717, 1.165) is 38.4 Å². The minimum atomic E-state index is -0.246. The molecule has 0 spiro atoms. The van der Waals surface area contributed by atoms with Crippen molar-refractivity contribution in [2.45, 2.75) is 32.6 Å². The molecule has 1 amide bonds. The van der Waals surface area contributed by atoms with Crippen molar-refractivity contribution in [1.82, 2.24) is 15.5 Å². The number of nitrogens with zero attached hydrogens (tertiary/aromatic N) is 2. The van der Waals surface area contributed by atoms with Crippen LogP contribution in [0.15, 0.2) is 4.99 Å². The average molecular weight is 312 g/mol. The minimum Gasteiger partial charge on any atom is -0.469 e. The molecular weight excluding hydrogens is 284 g/mol. The number of amides is 1. The van der Waals surface area contributed by atoms with Crippen LogP contribution in [0.4, 0.5) is 0 Å². The summed E-state index contributed by atoms with van der Waals surface area (Å²) in [5.41, 5.74) is 0. The van der Waals surface area contributed by atoms with Gasteiger partial charge < -0.3 is 20.3 Å². The predicted octanol–water partition coefficient (Wildman–Crippen LogP) is 0.363. The lowest BCUT2D eigenvalue weighted by atomic mass is 9.93. The number of carbonyl (C=O) groups is 2. The fraction of sp³-hybridized carbons (Fsp3) is 0.800. The van der Waals surface area contributed by atoms with Gasteiger partial charge in [0.2, 0.25) is 5.91 Å². The first kappa shape index (κ1) is 18.3. The maximum absolute atomic E-state index is 11.4. The van der Waals surface area contributed by atoms with Crippen LogP contribution >= 0.6 is 0 Å². The van der Waals surface area contributed by atoms with Gasteiger partial charge in [-0.25, -0.2) is 0 Å². The number of aliphatic imine (C=N–C) groups is 1. The van der Waals surface area contributed by atoms with Gasteiger partial charge in [0.25, 0.3) is 0 Å². The van der Waals surface area contributed by atoms with Crippen molar-refractivity contribution < 1.29 is 14.3 Å². The Kier molecular flexibility index (Phi) is 8.32. The monoisotopic (exact) mass is 312 g/mol. The van der Waals surface area contributed by atoms with E-state index in [1.807, 2.05) is 6.92 Å². The molecule has 7 heteroatoms. The molecule has 1 saturated heterocycles. The van der Waals surface area contributed by atoms with Crippen LogP contribution in [0.25, 0.3) is 0 Å². The van der Waals surface area contributed by atoms with E-state index in [4.69, 9.17) is 0 Å². The highest BCUT2D eigenvalue weighted by atomic mass is 16.5. The van der Waals surface area contributed by atoms with Crippen molar-refractivity contribution in [3.63, 3.8) is 0 Å². The summed E-state index contributed by atoms with van der Waals surface area (Å²) in [4.78, 5) is 29.2. The predicted molar refractivity (Wildman–Crippen MR) is 85.6 cm³/mol. The van der Waals surface area contributed by atoms with E-state index in [1.54, 1.807) is 7.05 Å². The number of nitrogens with one attached hydrogen (secondary N) is 2. The zero-order chi connectivity index (χ0) is 16.4. The van der Waals surface area contributed by atoms with Crippen molar-refractivity contribution in [3.05, 3.63) is 0 Å². The zero-order valence-corrected chi connectivity index (χ0v) is 13.9. The lowest BCUT2D eigenvalue weighted by Crippen LogP contribution is -2.46. The summed E-state index contributed by atoms with van der Waals surface area (Å²) >= 11 is 0. The summed E-state index contributed by atoms with van der Waals surface area (Å²) in [6.45, 7) is 4.99. The largest absolute Gasteiger partial charge is 0.469 e. The third-order valence-electron chi connectivity index (χ3n) is 3.81. The average Bonchev–Trinajstić information content (AvgIpc) is 2.54. The Morgan fingerprint density at radius 1 is 1.32 bits per heavy atom. The molecule has 0 atom stereocenters. The molecule has 1 heterocycles. The zero-order valence-electron chi connectivity index (χ0n) is 13.9. The number of guanidine groups is 1. The first-order valence-electron chi connectivity index (χ1n) is 7.91. The number of carbonyl (C=O) groups excluding carboxylic acids is 2. The summed E-state index contributed by atoms with van der Waals surface area (Å²) in [7, 11) is 3.06. The smallest absolute Gasteiger partial charge is 0.307 e. The molecule has 0 aromatic carbocycles. The van der Waals surface area contributed by atoms with Crippen molar-refractivity contribution in [3.8, 4) is 0 Å². The number of likely N-dealkylation sites (tertiary alicyclic amines) is 1. The van der Waals surface area contributed by atoms with Crippen LogP contribution in [0.1, 0.15) is 32.6 Å². The molecule has 0 radical (unpaired) electrons. The lowest BCUT2D eigenvalue weighted by Gasteiger charge is -2.34. The van der Waals surface area contributed by atoms with E-state index in [9.17, 15) is 9.59 Å². The highest BCUT2D eigenvalue weighted by Gasteiger charge is 2.23. The SMILES string of the molecule is CCNC(=NCCC(=O)OC)N1CCC(CC(=O)NC)CC1. The number of hydrogen-bond acceptors (Lipinski definition) is 4. The highest BCUT2D eigenvalue weighted by Crippen LogP contribution is 2.20. The van der Waals surface area contributed by atoms with Gasteiger partial charge in [-0.15, -0.1) is 0 Å². The van der Waals surface area contributed by atoms with Crippen LogP contribution in [0.3, 0.4) is 0 Å². The molecule has 1 rings (SSSR count). The maximum Gasteiger partial charge on any atom is 0.307 e. The van der Waals surface area contributed by atoms with Gasteiger partial charge in [0.15, 0.2) is 5.96 Å². The van der Waals surface area contributed by atoms with Crippen molar-refractivity contribution in [2.75, 3.05) is 40.3 Å². The number of piperidine rings is 1. The van der Waals surface area contributed by atoms with Gasteiger partial charge in [-0.05, 0) is 25.7 Å². The number of esters is 1. The third-order valence-corrected chi connectivity index (χ3v) is 3.81. The van der Waals surface area contributed by atoms with Crippen LogP contribution in [0.5, 0.6) is 0 Å². The Bertz CT molecular complexity index is 390. The quantitative estimate of drug-likeness (QED) is 0.420. The van der Waals surface area contributed by atoms with Gasteiger partial charge in [-0.2, -0.15) is 0 Å². The fourth-order valence-corrected chi connectivity index (χ4v) is 2.49. The summed E-state index contributed by atoms with van der Waals surface area (Å²) in [6.07, 6.45) is 2.85. The van der Waals surface area contributed by atoms with Crippen molar-refractivity contribution in [2.24, 2.45) is 10.9 Å². The number of rotatable bonds is 6. The molecule has 0 saturated carbocycles. The molecule has 1 fully saturated rings. The Morgan fingerprint density at radius 2 is 2.00 bits per heavy atom. The minimum absolute atomic E-state index is 0.108. The first-order chi connectivity index (χ1) is 10.6. The van der Waals surface area contributed by atoms with Crippen molar-refractivity contribution in [1.29, 1.82) is 0 Å². The van der Waals surface area contributed by atoms with Crippen LogP contribution in [0, 0.1) is 5.92 Å². The molecule has 0 aliphatic carbocycles. The van der Waals surface area contributed by atoms with E-state index in [1.165, 1.54) is 7.11 Å². The van der Waals surface area contributed by atoms with E-state index >= 15 is 0 Å². The Morgan fingerprint density at radius 3 is 2.55 bits per heavy atom. The number of ether oxygens (including phenoxy) is 1. The van der Waals surface area contributed by atoms with Crippen LogP contribution < -0.4 is 10.6 Å². The Hall–Kier alpha value is -1.79. The number of methoxy groups -OCH3 is 1. The van der Waals surface area contributed by atoms with Crippen LogP contribution in [-0.2, 0) is 14.3 Å². The Balaban J connectivity index is 2.47. The van der Waals surface area contributed by atoms with Gasteiger partial charge in [-0.3, -0.25) is 14.6 Å². The maximum atomic E-state index is 11.4. The second-order valence-corrected chi connectivity index (χ2v) is 5.37. The molecule has 126 valence electrons. The lowest BCUT2D eigenvalue weighted by molar-refractivity contribution is -0.140. The van der Waals surface area contributed by atoms with Crippen molar-refractivity contribution >= 4 is 17.8 Å². The van der Waals surface area contributed by atoms with Crippen LogP contribution in [-0.4, -0.2) is 63.1 Å². The third kappa shape index (κ3) is 6.32. The standard InChI is InChI=1S/C15H28N4O3/c1-4-17-15(18-8-5-14(21)22-3)19-9-6-12(7-10-19)11-13(20)16-2/h12H,4-11H2,1-3H3,(H,16,20)(H,17,18). The highest BCUT2D eigenvalue weighted by molar-refractivity contribution is 5.80. The molecular formula is C15H28N4O3. The van der Waals surface area contributed by atoms with E-state index in [2.05, 4.69) is 25.3 Å². The molecule has 0 aromatic rings. The second kappa shape index (κ2) is 10.0.